The van der Waals surface area contributed by atoms with Gasteiger partial charge in [-0.05, 0) is 24.3 Å². The highest BCUT2D eigenvalue weighted by molar-refractivity contribution is 5.84. The van der Waals surface area contributed by atoms with E-state index in [0.29, 0.717) is 16.6 Å². The minimum Gasteiger partial charge on any atom is -0.480 e. The van der Waals surface area contributed by atoms with Gasteiger partial charge in [0.1, 0.15) is 12.4 Å². The standard InChI is InChI=1S/C14H13FN2O3/c1-17(8-14(19)20)13(18)7-11-4-2-9-6-10(15)3-5-12(9)16-11/h2-6H,7-8H2,1H3,(H,19,20). The summed E-state index contributed by atoms with van der Waals surface area (Å²) < 4.78 is 13.0. The normalized spacial score (nSPS) is 10.5. The second-order valence-electron chi connectivity index (χ2n) is 4.46. The molecule has 1 heterocycles. The summed E-state index contributed by atoms with van der Waals surface area (Å²) >= 11 is 0. The predicted octanol–water partition coefficient (Wildman–Crippen LogP) is 1.46. The molecule has 0 aliphatic rings. The molecule has 0 aliphatic heterocycles. The highest BCUT2D eigenvalue weighted by Crippen LogP contribution is 2.14. The van der Waals surface area contributed by atoms with Crippen LogP contribution in [0.5, 0.6) is 0 Å². The van der Waals surface area contributed by atoms with Crippen molar-refractivity contribution in [3.8, 4) is 0 Å². The summed E-state index contributed by atoms with van der Waals surface area (Å²) in [6.07, 6.45) is 0.0110. The lowest BCUT2D eigenvalue weighted by Crippen LogP contribution is -2.33. The average Bonchev–Trinajstić information content (AvgIpc) is 2.38. The maximum atomic E-state index is 13.0. The number of benzene rings is 1. The number of likely N-dealkylation sites (N-methyl/N-ethyl adjacent to an activating group) is 1. The summed E-state index contributed by atoms with van der Waals surface area (Å²) in [7, 11) is 1.42. The Bertz CT molecular complexity index is 673. The van der Waals surface area contributed by atoms with Crippen molar-refractivity contribution >= 4 is 22.8 Å². The largest absolute Gasteiger partial charge is 0.480 e. The molecule has 0 spiro atoms. The van der Waals surface area contributed by atoms with Crippen molar-refractivity contribution < 1.29 is 19.1 Å². The molecule has 1 aromatic heterocycles. The summed E-state index contributed by atoms with van der Waals surface area (Å²) in [6, 6.07) is 7.53. The summed E-state index contributed by atoms with van der Waals surface area (Å²) in [6.45, 7) is -0.350. The Hall–Kier alpha value is -2.50. The Morgan fingerprint density at radius 1 is 1.30 bits per heavy atom. The van der Waals surface area contributed by atoms with E-state index in [9.17, 15) is 14.0 Å². The molecule has 20 heavy (non-hydrogen) atoms. The van der Waals surface area contributed by atoms with Crippen LogP contribution in [-0.2, 0) is 16.0 Å². The van der Waals surface area contributed by atoms with Crippen molar-refractivity contribution in [1.82, 2.24) is 9.88 Å². The second kappa shape index (κ2) is 5.64. The number of halogens is 1. The van der Waals surface area contributed by atoms with Crippen LogP contribution in [0.4, 0.5) is 4.39 Å². The lowest BCUT2D eigenvalue weighted by molar-refractivity contribution is -0.143. The van der Waals surface area contributed by atoms with Gasteiger partial charge in [0, 0.05) is 12.4 Å². The third-order valence-corrected chi connectivity index (χ3v) is 2.84. The van der Waals surface area contributed by atoms with Crippen molar-refractivity contribution in [3.05, 3.63) is 41.8 Å². The van der Waals surface area contributed by atoms with Crippen LogP contribution in [0.25, 0.3) is 10.9 Å². The van der Waals surface area contributed by atoms with E-state index in [1.54, 1.807) is 18.2 Å². The number of carbonyl (C=O) groups excluding carboxylic acids is 1. The Kier molecular flexibility index (Phi) is 3.93. The zero-order chi connectivity index (χ0) is 14.7. The molecule has 1 amide bonds. The molecule has 0 atom stereocenters. The van der Waals surface area contributed by atoms with E-state index in [2.05, 4.69) is 4.98 Å². The third kappa shape index (κ3) is 3.28. The molecule has 1 aromatic carbocycles. The number of fused-ring (bicyclic) bond motifs is 1. The molecule has 0 radical (unpaired) electrons. The predicted molar refractivity (Wildman–Crippen MR) is 70.7 cm³/mol. The van der Waals surface area contributed by atoms with Crippen LogP contribution in [0, 0.1) is 5.82 Å². The molecule has 0 bridgehead atoms. The molecule has 0 saturated carbocycles. The van der Waals surface area contributed by atoms with E-state index in [-0.39, 0.29) is 24.7 Å². The smallest absolute Gasteiger partial charge is 0.323 e. The molecule has 0 unspecified atom stereocenters. The number of hydrogen-bond donors (Lipinski definition) is 1. The first-order chi connectivity index (χ1) is 9.45. The Morgan fingerprint density at radius 3 is 2.75 bits per heavy atom. The van der Waals surface area contributed by atoms with Gasteiger partial charge in [0.05, 0.1) is 17.6 Å². The summed E-state index contributed by atoms with van der Waals surface area (Å²) in [5.74, 6) is -1.74. The Balaban J connectivity index is 2.15. The van der Waals surface area contributed by atoms with Gasteiger partial charge in [0.25, 0.3) is 0 Å². The number of carboxylic acid groups (broad SMARTS) is 1. The van der Waals surface area contributed by atoms with Crippen molar-refractivity contribution in [2.24, 2.45) is 0 Å². The fraction of sp³-hybridized carbons (Fsp3) is 0.214. The third-order valence-electron chi connectivity index (χ3n) is 2.84. The van der Waals surface area contributed by atoms with Crippen LogP contribution in [0.2, 0.25) is 0 Å². The SMILES string of the molecule is CN(CC(=O)O)C(=O)Cc1ccc2cc(F)ccc2n1. The number of rotatable bonds is 4. The summed E-state index contributed by atoms with van der Waals surface area (Å²) in [5, 5.41) is 9.27. The zero-order valence-corrected chi connectivity index (χ0v) is 10.8. The van der Waals surface area contributed by atoms with Crippen LogP contribution in [0.3, 0.4) is 0 Å². The summed E-state index contributed by atoms with van der Waals surface area (Å²) in [4.78, 5) is 27.7. The highest BCUT2D eigenvalue weighted by Gasteiger charge is 2.13. The second-order valence-corrected chi connectivity index (χ2v) is 4.46. The topological polar surface area (TPSA) is 70.5 Å². The molecule has 2 aromatic rings. The van der Waals surface area contributed by atoms with Crippen molar-refractivity contribution in [2.45, 2.75) is 6.42 Å². The van der Waals surface area contributed by atoms with Crippen LogP contribution in [-0.4, -0.2) is 40.5 Å². The zero-order valence-electron chi connectivity index (χ0n) is 10.8. The first-order valence-corrected chi connectivity index (χ1v) is 5.96. The van der Waals surface area contributed by atoms with Crippen molar-refractivity contribution in [2.75, 3.05) is 13.6 Å². The minimum absolute atomic E-state index is 0.0110. The molecule has 5 nitrogen and oxygen atoms in total. The first kappa shape index (κ1) is 13.9. The van der Waals surface area contributed by atoms with Crippen LogP contribution >= 0.6 is 0 Å². The van der Waals surface area contributed by atoms with E-state index >= 15 is 0 Å². The van der Waals surface area contributed by atoms with Crippen LogP contribution in [0.1, 0.15) is 5.69 Å². The lowest BCUT2D eigenvalue weighted by atomic mass is 10.1. The fourth-order valence-electron chi connectivity index (χ4n) is 1.82. The quantitative estimate of drug-likeness (QED) is 0.917. The minimum atomic E-state index is -1.07. The van der Waals surface area contributed by atoms with E-state index in [4.69, 9.17) is 5.11 Å². The molecule has 104 valence electrons. The van der Waals surface area contributed by atoms with E-state index in [1.807, 2.05) is 0 Å². The molecule has 0 fully saturated rings. The molecular formula is C14H13FN2O3. The number of carbonyl (C=O) groups is 2. The van der Waals surface area contributed by atoms with Gasteiger partial charge < -0.3 is 10.0 Å². The number of nitrogens with zero attached hydrogens (tertiary/aromatic N) is 2. The summed E-state index contributed by atoms with van der Waals surface area (Å²) in [5.41, 5.74) is 1.11. The van der Waals surface area contributed by atoms with Gasteiger partial charge in [-0.2, -0.15) is 0 Å². The number of pyridine rings is 1. The van der Waals surface area contributed by atoms with Gasteiger partial charge in [-0.3, -0.25) is 14.6 Å². The molecule has 2 rings (SSSR count). The molecule has 0 aliphatic carbocycles. The van der Waals surface area contributed by atoms with Gasteiger partial charge in [-0.1, -0.05) is 6.07 Å². The van der Waals surface area contributed by atoms with Crippen molar-refractivity contribution in [3.63, 3.8) is 0 Å². The number of hydrogen-bond acceptors (Lipinski definition) is 3. The van der Waals surface area contributed by atoms with E-state index in [1.165, 1.54) is 19.2 Å². The van der Waals surface area contributed by atoms with Gasteiger partial charge in [-0.15, -0.1) is 0 Å². The Labute approximate surface area is 114 Å². The maximum absolute atomic E-state index is 13.0. The molecule has 1 N–H and O–H groups in total. The number of carboxylic acids is 1. The van der Waals surface area contributed by atoms with Crippen LogP contribution < -0.4 is 0 Å². The Morgan fingerprint density at radius 2 is 2.05 bits per heavy atom. The molecular weight excluding hydrogens is 263 g/mol. The monoisotopic (exact) mass is 276 g/mol. The number of amides is 1. The number of aromatic nitrogens is 1. The number of aliphatic carboxylic acids is 1. The lowest BCUT2D eigenvalue weighted by Gasteiger charge is -2.14. The van der Waals surface area contributed by atoms with Gasteiger partial charge >= 0.3 is 5.97 Å². The van der Waals surface area contributed by atoms with Gasteiger partial charge in [0.15, 0.2) is 0 Å². The first-order valence-electron chi connectivity index (χ1n) is 5.96. The molecule has 6 heteroatoms. The van der Waals surface area contributed by atoms with Crippen LogP contribution in [0.15, 0.2) is 30.3 Å². The fourth-order valence-corrected chi connectivity index (χ4v) is 1.82. The van der Waals surface area contributed by atoms with Crippen molar-refractivity contribution in [1.29, 1.82) is 0 Å². The maximum Gasteiger partial charge on any atom is 0.323 e. The average molecular weight is 276 g/mol. The van der Waals surface area contributed by atoms with E-state index < -0.39 is 5.97 Å². The van der Waals surface area contributed by atoms with E-state index in [0.717, 1.165) is 4.90 Å². The highest BCUT2D eigenvalue weighted by atomic mass is 19.1. The van der Waals surface area contributed by atoms with Gasteiger partial charge in [0.2, 0.25) is 5.91 Å². The van der Waals surface area contributed by atoms with Gasteiger partial charge in [-0.25, -0.2) is 4.39 Å². The molecule has 0 saturated heterocycles.